The summed E-state index contributed by atoms with van der Waals surface area (Å²) < 4.78 is 10.4. The molecule has 1 atom stereocenters. The van der Waals surface area contributed by atoms with E-state index < -0.39 is 6.10 Å². The molecule has 0 amide bonds. The van der Waals surface area contributed by atoms with E-state index in [1.165, 1.54) is 0 Å². The number of hydrogen-bond acceptors (Lipinski definition) is 3. The van der Waals surface area contributed by atoms with Crippen LogP contribution >= 0.6 is 0 Å². The summed E-state index contributed by atoms with van der Waals surface area (Å²) in [6.07, 6.45) is 1.03. The van der Waals surface area contributed by atoms with Gasteiger partial charge >= 0.3 is 6.07 Å². The largest absolute Gasteiger partial charge is 0.498 e. The van der Waals surface area contributed by atoms with E-state index in [0.29, 0.717) is 6.61 Å². The summed E-state index contributed by atoms with van der Waals surface area (Å²) in [6.45, 7) is 3.86. The first-order valence-electron chi connectivity index (χ1n) is 4.76. The van der Waals surface area contributed by atoms with Crippen molar-refractivity contribution in [1.29, 1.82) is 0 Å². The van der Waals surface area contributed by atoms with Crippen LogP contribution in [0.2, 0.25) is 0 Å². The van der Waals surface area contributed by atoms with Gasteiger partial charge in [-0.15, -0.1) is 6.58 Å². The van der Waals surface area contributed by atoms with Crippen LogP contribution in [-0.2, 0) is 4.74 Å². The first-order chi connectivity index (χ1) is 7.81. The highest BCUT2D eigenvalue weighted by atomic mass is 16.5. The molecular formula is C12H13NO3. The van der Waals surface area contributed by atoms with Crippen LogP contribution in [0.25, 0.3) is 5.01 Å². The van der Waals surface area contributed by atoms with E-state index in [9.17, 15) is 5.21 Å². The van der Waals surface area contributed by atoms with Crippen molar-refractivity contribution in [3.05, 3.63) is 52.7 Å². The number of benzene rings is 1. The van der Waals surface area contributed by atoms with Gasteiger partial charge < -0.3 is 14.7 Å². The van der Waals surface area contributed by atoms with Gasteiger partial charge in [0.25, 0.3) is 0 Å². The quantitative estimate of drug-likeness (QED) is 0.565. The third-order valence-corrected chi connectivity index (χ3v) is 1.97. The summed E-state index contributed by atoms with van der Waals surface area (Å²) in [5, 5.41) is 12.8. The van der Waals surface area contributed by atoms with E-state index in [1.807, 2.05) is 0 Å². The maximum absolute atomic E-state index is 10.2. The molecule has 1 aromatic carbocycles. The molecule has 16 heavy (non-hydrogen) atoms. The fourth-order valence-corrected chi connectivity index (χ4v) is 1.20. The van der Waals surface area contributed by atoms with Crippen molar-refractivity contribution in [3.8, 4) is 11.8 Å². The maximum atomic E-state index is 10.2. The molecule has 1 aromatic rings. The molecule has 1 rings (SSSR count). The predicted molar refractivity (Wildman–Crippen MR) is 62.5 cm³/mol. The fraction of sp³-hybridized carbons (Fsp3) is 0.250. The Labute approximate surface area is 94.5 Å². The van der Waals surface area contributed by atoms with Gasteiger partial charge in [-0.2, -0.15) is 0 Å². The number of nitrogens with zero attached hydrogens (tertiary/aromatic N) is 1. The zero-order valence-electron chi connectivity index (χ0n) is 9.05. The van der Waals surface area contributed by atoms with E-state index in [1.54, 1.807) is 37.5 Å². The smallest absolute Gasteiger partial charge is 0.335 e. The Kier molecular flexibility index (Phi) is 4.90. The number of hydrogen-bond donors (Lipinski definition) is 0. The van der Waals surface area contributed by atoms with Gasteiger partial charge in [0.05, 0.1) is 13.7 Å². The molecule has 0 fully saturated rings. The third kappa shape index (κ3) is 3.30. The van der Waals surface area contributed by atoms with Crippen LogP contribution in [0.15, 0.2) is 36.9 Å². The Morgan fingerprint density at radius 2 is 2.19 bits per heavy atom. The zero-order valence-corrected chi connectivity index (χ0v) is 9.05. The Bertz CT molecular complexity index is 389. The minimum Gasteiger partial charge on any atom is -0.498 e. The third-order valence-electron chi connectivity index (χ3n) is 1.97. The molecule has 0 saturated heterocycles. The highest BCUT2D eigenvalue weighted by molar-refractivity contribution is 5.31. The second-order valence-electron chi connectivity index (χ2n) is 3.00. The molecule has 4 heteroatoms. The van der Waals surface area contributed by atoms with E-state index in [2.05, 4.69) is 17.7 Å². The summed E-state index contributed by atoms with van der Waals surface area (Å²) >= 11 is 0. The van der Waals surface area contributed by atoms with Gasteiger partial charge in [0.2, 0.25) is 6.10 Å². The Morgan fingerprint density at radius 1 is 1.50 bits per heavy atom. The Balaban J connectivity index is 2.81. The van der Waals surface area contributed by atoms with Crippen molar-refractivity contribution < 1.29 is 9.47 Å². The maximum Gasteiger partial charge on any atom is 0.335 e. The summed E-state index contributed by atoms with van der Waals surface area (Å²) in [6, 6.07) is 9.49. The zero-order chi connectivity index (χ0) is 11.8. The Hall–Kier alpha value is -1.99. The lowest BCUT2D eigenvalue weighted by Crippen LogP contribution is -2.01. The van der Waals surface area contributed by atoms with Gasteiger partial charge in [-0.1, -0.05) is 18.2 Å². The summed E-state index contributed by atoms with van der Waals surface area (Å²) in [5.74, 6) is 0.741. The SMILES string of the molecule is C=CCOC(C#[N+][O-])c1ccc(OC)cc1. The summed E-state index contributed by atoms with van der Waals surface area (Å²) in [5.41, 5.74) is 0.794. The van der Waals surface area contributed by atoms with Crippen LogP contribution in [0.4, 0.5) is 0 Å². The highest BCUT2D eigenvalue weighted by Gasteiger charge is 2.14. The molecule has 0 radical (unpaired) electrons. The van der Waals surface area contributed by atoms with E-state index in [4.69, 9.17) is 9.47 Å². The van der Waals surface area contributed by atoms with Crippen molar-refractivity contribution in [3.63, 3.8) is 0 Å². The van der Waals surface area contributed by atoms with Gasteiger partial charge in [-0.25, -0.2) is 0 Å². The first kappa shape index (κ1) is 12.1. The molecule has 0 aliphatic rings. The van der Waals surface area contributed by atoms with Gasteiger partial charge in [0.1, 0.15) is 5.75 Å². The monoisotopic (exact) mass is 219 g/mol. The minimum atomic E-state index is -0.568. The molecule has 0 aromatic heterocycles. The second kappa shape index (κ2) is 6.49. The van der Waals surface area contributed by atoms with Crippen molar-refractivity contribution in [1.82, 2.24) is 0 Å². The van der Waals surface area contributed by atoms with E-state index in [0.717, 1.165) is 11.3 Å². The molecule has 1 unspecified atom stereocenters. The summed E-state index contributed by atoms with van der Waals surface area (Å²) in [4.78, 5) is 0. The molecule has 0 N–H and O–H groups in total. The van der Waals surface area contributed by atoms with Crippen molar-refractivity contribution in [2.45, 2.75) is 6.10 Å². The molecule has 84 valence electrons. The fourth-order valence-electron chi connectivity index (χ4n) is 1.20. The molecular weight excluding hydrogens is 206 g/mol. The number of methoxy groups -OCH3 is 1. The second-order valence-corrected chi connectivity index (χ2v) is 3.00. The molecule has 0 heterocycles. The average Bonchev–Trinajstić information content (AvgIpc) is 2.35. The van der Waals surface area contributed by atoms with E-state index in [-0.39, 0.29) is 0 Å². The van der Waals surface area contributed by atoms with Gasteiger partial charge in [0.15, 0.2) is 0 Å². The molecule has 4 nitrogen and oxygen atoms in total. The van der Waals surface area contributed by atoms with Gasteiger partial charge in [-0.3, -0.25) is 0 Å². The highest BCUT2D eigenvalue weighted by Crippen LogP contribution is 2.20. The van der Waals surface area contributed by atoms with Crippen LogP contribution in [0.1, 0.15) is 11.7 Å². The van der Waals surface area contributed by atoms with Crippen LogP contribution in [0.3, 0.4) is 0 Å². The topological polar surface area (TPSA) is 45.9 Å². The van der Waals surface area contributed by atoms with Crippen molar-refractivity contribution >= 4 is 0 Å². The lowest BCUT2D eigenvalue weighted by atomic mass is 10.1. The molecule has 0 spiro atoms. The molecule has 0 aliphatic carbocycles. The van der Waals surface area contributed by atoms with Gasteiger partial charge in [-0.05, 0) is 17.7 Å². The number of rotatable bonds is 5. The minimum absolute atomic E-state index is 0.333. The number of ether oxygens (including phenoxy) is 2. The van der Waals surface area contributed by atoms with Crippen molar-refractivity contribution in [2.75, 3.05) is 13.7 Å². The van der Waals surface area contributed by atoms with Crippen LogP contribution < -0.4 is 4.74 Å². The van der Waals surface area contributed by atoms with Gasteiger partial charge in [0, 0.05) is 5.01 Å². The van der Waals surface area contributed by atoms with Crippen molar-refractivity contribution in [2.24, 2.45) is 0 Å². The molecule has 0 aliphatic heterocycles. The summed E-state index contributed by atoms with van der Waals surface area (Å²) in [7, 11) is 1.59. The first-order valence-corrected chi connectivity index (χ1v) is 4.76. The average molecular weight is 219 g/mol. The van der Waals surface area contributed by atoms with E-state index >= 15 is 0 Å². The van der Waals surface area contributed by atoms with Crippen LogP contribution in [0.5, 0.6) is 5.75 Å². The molecule has 0 saturated carbocycles. The standard InChI is InChI=1S/C12H13NO3/c1-3-8-16-12(9-13-14)10-4-6-11(15-2)7-5-10/h3-7,12H,1,8H2,2H3. The van der Waals surface area contributed by atoms with Crippen LogP contribution in [0, 0.1) is 11.3 Å². The Morgan fingerprint density at radius 3 is 2.69 bits per heavy atom. The molecule has 0 bridgehead atoms. The predicted octanol–water partition coefficient (Wildman–Crippen LogP) is 2.77. The van der Waals surface area contributed by atoms with Crippen LogP contribution in [-0.4, -0.2) is 13.7 Å². The lowest BCUT2D eigenvalue weighted by Gasteiger charge is -2.07. The lowest BCUT2D eigenvalue weighted by molar-refractivity contribution is 0.117. The normalized spacial score (nSPS) is 11.1.